The lowest BCUT2D eigenvalue weighted by Gasteiger charge is -2.18. The van der Waals surface area contributed by atoms with E-state index >= 15 is 0 Å². The molecule has 1 amide bonds. The van der Waals surface area contributed by atoms with Crippen molar-refractivity contribution in [3.63, 3.8) is 0 Å². The number of benzene rings is 1. The molecule has 1 N–H and O–H groups in total. The van der Waals surface area contributed by atoms with Crippen LogP contribution in [0.3, 0.4) is 0 Å². The topological polar surface area (TPSA) is 99.3 Å². The van der Waals surface area contributed by atoms with E-state index in [1.54, 1.807) is 20.8 Å². The summed E-state index contributed by atoms with van der Waals surface area (Å²) in [7, 11) is 0. The van der Waals surface area contributed by atoms with E-state index in [0.29, 0.717) is 5.69 Å². The molecule has 0 unspecified atom stereocenters. The molecule has 0 saturated heterocycles. The molecule has 1 aromatic heterocycles. The molecule has 2 aromatic rings. The summed E-state index contributed by atoms with van der Waals surface area (Å²) in [5.74, 6) is -0.698. The lowest BCUT2D eigenvalue weighted by Crippen LogP contribution is -2.27. The molecule has 1 heterocycles. The molecule has 0 bridgehead atoms. The Morgan fingerprint density at radius 2 is 1.96 bits per heavy atom. The molecule has 0 aliphatic rings. The quantitative estimate of drug-likeness (QED) is 0.690. The van der Waals surface area contributed by atoms with Crippen molar-refractivity contribution < 1.29 is 18.8 Å². The third-order valence-electron chi connectivity index (χ3n) is 2.60. The Morgan fingerprint density at radius 3 is 2.48 bits per heavy atom. The zero-order valence-electron chi connectivity index (χ0n) is 12.7. The molecule has 2 rings (SSSR count). The Kier molecular flexibility index (Phi) is 4.30. The number of nitro groups is 1. The van der Waals surface area contributed by atoms with Crippen LogP contribution in [-0.4, -0.2) is 26.4 Å². The molecular formula is C14H15FN4O4. The van der Waals surface area contributed by atoms with Crippen LogP contribution in [0.5, 0.6) is 0 Å². The van der Waals surface area contributed by atoms with E-state index < -0.39 is 28.1 Å². The van der Waals surface area contributed by atoms with E-state index in [4.69, 9.17) is 4.74 Å². The minimum atomic E-state index is -0.857. The zero-order valence-corrected chi connectivity index (χ0v) is 12.7. The normalized spacial score (nSPS) is 11.1. The largest absolute Gasteiger partial charge is 0.444 e. The Labute approximate surface area is 131 Å². The second kappa shape index (κ2) is 6.03. The van der Waals surface area contributed by atoms with Crippen molar-refractivity contribution in [2.75, 3.05) is 5.32 Å². The highest BCUT2D eigenvalue weighted by Crippen LogP contribution is 2.25. The van der Waals surface area contributed by atoms with Crippen LogP contribution in [0.15, 0.2) is 30.5 Å². The summed E-state index contributed by atoms with van der Waals surface area (Å²) in [6.07, 6.45) is 0.268. The summed E-state index contributed by atoms with van der Waals surface area (Å²) >= 11 is 0. The number of amides is 1. The average molecular weight is 322 g/mol. The highest BCUT2D eigenvalue weighted by atomic mass is 19.1. The maximum atomic E-state index is 12.9. The first-order chi connectivity index (χ1) is 10.7. The van der Waals surface area contributed by atoms with Gasteiger partial charge in [-0.05, 0) is 45.0 Å². The first kappa shape index (κ1) is 16.4. The van der Waals surface area contributed by atoms with E-state index in [0.717, 1.165) is 6.20 Å². The number of carbonyl (C=O) groups excluding carboxylic acids is 1. The molecule has 8 nitrogen and oxygen atoms in total. The van der Waals surface area contributed by atoms with Gasteiger partial charge in [-0.15, -0.1) is 5.10 Å². The highest BCUT2D eigenvalue weighted by molar-refractivity contribution is 5.86. The Bertz CT molecular complexity index is 734. The van der Waals surface area contributed by atoms with Gasteiger partial charge in [0.25, 0.3) is 0 Å². The van der Waals surface area contributed by atoms with Crippen LogP contribution in [0.2, 0.25) is 0 Å². The summed E-state index contributed by atoms with van der Waals surface area (Å²) in [6.45, 7) is 4.99. The highest BCUT2D eigenvalue weighted by Gasteiger charge is 2.24. The number of halogens is 1. The minimum absolute atomic E-state index is 0.256. The van der Waals surface area contributed by atoms with Crippen molar-refractivity contribution in [2.24, 2.45) is 0 Å². The lowest BCUT2D eigenvalue weighted by atomic mass is 10.2. The van der Waals surface area contributed by atoms with Crippen molar-refractivity contribution >= 4 is 17.6 Å². The predicted octanol–water partition coefficient (Wildman–Crippen LogP) is 3.27. The van der Waals surface area contributed by atoms with Gasteiger partial charge in [-0.2, -0.15) is 0 Å². The standard InChI is InChI=1S/C14H15FN4O4/c1-14(2,3)23-13(20)16-12-11(19(21)22)8-18(17-12)10-6-4-9(15)5-7-10/h4-8H,1-3H3,(H,16,17,20). The number of nitrogens with zero attached hydrogens (tertiary/aromatic N) is 3. The van der Waals surface area contributed by atoms with Crippen LogP contribution in [-0.2, 0) is 4.74 Å². The first-order valence-corrected chi connectivity index (χ1v) is 6.66. The summed E-state index contributed by atoms with van der Waals surface area (Å²) in [4.78, 5) is 22.1. The summed E-state index contributed by atoms with van der Waals surface area (Å²) in [5, 5.41) is 17.3. The molecule has 0 spiro atoms. The monoisotopic (exact) mass is 322 g/mol. The Balaban J connectivity index is 2.30. The number of hydrogen-bond acceptors (Lipinski definition) is 5. The number of aromatic nitrogens is 2. The third kappa shape index (κ3) is 4.25. The molecule has 0 radical (unpaired) electrons. The molecule has 1 aromatic carbocycles. The van der Waals surface area contributed by atoms with E-state index in [1.807, 2.05) is 0 Å². The molecule has 9 heteroatoms. The van der Waals surface area contributed by atoms with Crippen LogP contribution in [0.4, 0.5) is 20.7 Å². The van der Waals surface area contributed by atoms with E-state index in [2.05, 4.69) is 10.4 Å². The van der Waals surface area contributed by atoms with Crippen molar-refractivity contribution in [1.82, 2.24) is 9.78 Å². The number of rotatable bonds is 3. The van der Waals surface area contributed by atoms with Gasteiger partial charge in [-0.1, -0.05) is 0 Å². The minimum Gasteiger partial charge on any atom is -0.444 e. The molecule has 23 heavy (non-hydrogen) atoms. The van der Waals surface area contributed by atoms with Crippen molar-refractivity contribution in [3.8, 4) is 5.69 Å². The van der Waals surface area contributed by atoms with E-state index in [1.165, 1.54) is 28.9 Å². The average Bonchev–Trinajstić information content (AvgIpc) is 2.81. The smallest absolute Gasteiger partial charge is 0.413 e. The summed E-state index contributed by atoms with van der Waals surface area (Å²) < 4.78 is 19.1. The van der Waals surface area contributed by atoms with Crippen molar-refractivity contribution in [1.29, 1.82) is 0 Å². The van der Waals surface area contributed by atoms with E-state index in [9.17, 15) is 19.3 Å². The maximum Gasteiger partial charge on any atom is 0.413 e. The molecule has 0 aliphatic heterocycles. The first-order valence-electron chi connectivity index (χ1n) is 6.66. The number of carbonyl (C=O) groups is 1. The van der Waals surface area contributed by atoms with Gasteiger partial charge in [0.2, 0.25) is 5.82 Å². The number of ether oxygens (including phenoxy) is 1. The van der Waals surface area contributed by atoms with Gasteiger partial charge in [-0.3, -0.25) is 15.4 Å². The maximum absolute atomic E-state index is 12.9. The van der Waals surface area contributed by atoms with Crippen molar-refractivity contribution in [3.05, 3.63) is 46.4 Å². The van der Waals surface area contributed by atoms with Gasteiger partial charge in [0, 0.05) is 0 Å². The van der Waals surface area contributed by atoms with Crippen LogP contribution < -0.4 is 5.32 Å². The molecule has 0 fully saturated rings. The summed E-state index contributed by atoms with van der Waals surface area (Å²) in [6, 6.07) is 5.21. The number of nitrogens with one attached hydrogen (secondary N) is 1. The van der Waals surface area contributed by atoms with Gasteiger partial charge in [-0.25, -0.2) is 13.9 Å². The van der Waals surface area contributed by atoms with Gasteiger partial charge in [0.1, 0.15) is 17.6 Å². The van der Waals surface area contributed by atoms with Crippen molar-refractivity contribution in [2.45, 2.75) is 26.4 Å². The molecular weight excluding hydrogens is 307 g/mol. The van der Waals surface area contributed by atoms with Gasteiger partial charge >= 0.3 is 11.8 Å². The molecule has 122 valence electrons. The van der Waals surface area contributed by atoms with Crippen LogP contribution in [0, 0.1) is 15.9 Å². The van der Waals surface area contributed by atoms with Gasteiger partial charge in [0.15, 0.2) is 0 Å². The fourth-order valence-electron chi connectivity index (χ4n) is 1.71. The molecule has 0 atom stereocenters. The second-order valence-electron chi connectivity index (χ2n) is 5.67. The second-order valence-corrected chi connectivity index (χ2v) is 5.67. The third-order valence-corrected chi connectivity index (χ3v) is 2.60. The fourth-order valence-corrected chi connectivity index (χ4v) is 1.71. The van der Waals surface area contributed by atoms with Crippen LogP contribution >= 0.6 is 0 Å². The molecule has 0 aliphatic carbocycles. The van der Waals surface area contributed by atoms with Crippen LogP contribution in [0.1, 0.15) is 20.8 Å². The fraction of sp³-hybridized carbons (Fsp3) is 0.286. The summed E-state index contributed by atoms with van der Waals surface area (Å²) in [5.41, 5.74) is -0.745. The predicted molar refractivity (Wildman–Crippen MR) is 80.0 cm³/mol. The van der Waals surface area contributed by atoms with Gasteiger partial charge in [0.05, 0.1) is 10.6 Å². The number of anilines is 1. The zero-order chi connectivity index (χ0) is 17.2. The van der Waals surface area contributed by atoms with E-state index in [-0.39, 0.29) is 5.82 Å². The Hall–Kier alpha value is -2.97. The SMILES string of the molecule is CC(C)(C)OC(=O)Nc1nn(-c2ccc(F)cc2)cc1[N+](=O)[O-]. The lowest BCUT2D eigenvalue weighted by molar-refractivity contribution is -0.384. The van der Waals surface area contributed by atoms with Crippen LogP contribution in [0.25, 0.3) is 5.69 Å². The molecule has 0 saturated carbocycles. The van der Waals surface area contributed by atoms with Gasteiger partial charge < -0.3 is 4.74 Å². The Morgan fingerprint density at radius 1 is 1.35 bits per heavy atom. The number of hydrogen-bond donors (Lipinski definition) is 1.